The van der Waals surface area contributed by atoms with Gasteiger partial charge in [0.1, 0.15) is 17.6 Å². The summed E-state index contributed by atoms with van der Waals surface area (Å²) in [5.74, 6) is 1.91. The average Bonchev–Trinajstić information content (AvgIpc) is 3.40. The number of hydrogen-bond acceptors (Lipinski definition) is 5. The van der Waals surface area contributed by atoms with Crippen molar-refractivity contribution in [3.8, 4) is 11.5 Å². The number of nitrogens with zero attached hydrogens (tertiary/aromatic N) is 2. The van der Waals surface area contributed by atoms with Crippen molar-refractivity contribution in [2.24, 2.45) is 0 Å². The van der Waals surface area contributed by atoms with Crippen molar-refractivity contribution in [3.63, 3.8) is 0 Å². The molecule has 1 saturated heterocycles. The van der Waals surface area contributed by atoms with Crippen LogP contribution in [0.4, 0.5) is 5.69 Å². The van der Waals surface area contributed by atoms with Crippen LogP contribution in [-0.4, -0.2) is 44.7 Å². The van der Waals surface area contributed by atoms with E-state index >= 15 is 0 Å². The summed E-state index contributed by atoms with van der Waals surface area (Å²) < 4.78 is 12.1. The van der Waals surface area contributed by atoms with Gasteiger partial charge in [0, 0.05) is 50.1 Å². The van der Waals surface area contributed by atoms with Crippen LogP contribution in [-0.2, 0) is 0 Å². The highest BCUT2D eigenvalue weighted by Gasteiger charge is 2.22. The minimum Gasteiger partial charge on any atom is -0.495 e. The first-order valence-corrected chi connectivity index (χ1v) is 12.5. The van der Waals surface area contributed by atoms with E-state index in [0.29, 0.717) is 0 Å². The van der Waals surface area contributed by atoms with E-state index in [2.05, 4.69) is 81.2 Å². The predicted octanol–water partition coefficient (Wildman–Crippen LogP) is 6.24. The van der Waals surface area contributed by atoms with Crippen LogP contribution < -0.4 is 14.4 Å². The van der Waals surface area contributed by atoms with Crippen LogP contribution in [0.2, 0.25) is 0 Å². The zero-order chi connectivity index (χ0) is 22.5. The summed E-state index contributed by atoms with van der Waals surface area (Å²) in [6.07, 6.45) is 0.983. The first-order valence-electron chi connectivity index (χ1n) is 11.6. The second kappa shape index (κ2) is 10.3. The number of benzene rings is 3. The largest absolute Gasteiger partial charge is 0.495 e. The molecule has 4 nitrogen and oxygen atoms in total. The first-order chi connectivity index (χ1) is 16.3. The maximum absolute atomic E-state index is 6.52. The molecule has 1 atom stereocenters. The third-order valence-corrected chi connectivity index (χ3v) is 7.11. The average molecular weight is 459 g/mol. The molecule has 5 heteroatoms. The molecule has 0 spiro atoms. The molecular formula is C28H30N2O2S. The van der Waals surface area contributed by atoms with Gasteiger partial charge in [-0.3, -0.25) is 4.90 Å². The van der Waals surface area contributed by atoms with Gasteiger partial charge in [-0.05, 0) is 34.4 Å². The van der Waals surface area contributed by atoms with E-state index in [1.807, 2.05) is 12.1 Å². The Morgan fingerprint density at radius 3 is 2.48 bits per heavy atom. The van der Waals surface area contributed by atoms with E-state index in [1.54, 1.807) is 18.4 Å². The van der Waals surface area contributed by atoms with E-state index in [1.165, 1.54) is 22.0 Å². The van der Waals surface area contributed by atoms with E-state index in [4.69, 9.17) is 9.47 Å². The lowest BCUT2D eigenvalue weighted by Crippen LogP contribution is -2.47. The molecule has 1 aliphatic heterocycles. The van der Waals surface area contributed by atoms with Crippen molar-refractivity contribution < 1.29 is 9.47 Å². The van der Waals surface area contributed by atoms with Gasteiger partial charge in [0.2, 0.25) is 0 Å². The van der Waals surface area contributed by atoms with Crippen LogP contribution >= 0.6 is 11.3 Å². The van der Waals surface area contributed by atoms with Gasteiger partial charge in [0.25, 0.3) is 0 Å². The molecule has 0 bridgehead atoms. The molecule has 0 radical (unpaired) electrons. The molecule has 0 saturated carbocycles. The molecule has 1 fully saturated rings. The lowest BCUT2D eigenvalue weighted by atomic mass is 9.98. The SMILES string of the molecule is COc1ccccc1N1CCN(CCC(Oc2ccsc2)c2cccc3ccccc23)CC1. The normalized spacial score (nSPS) is 15.5. The molecule has 33 heavy (non-hydrogen) atoms. The number of ether oxygens (including phenoxy) is 2. The topological polar surface area (TPSA) is 24.9 Å². The van der Waals surface area contributed by atoms with Crippen LogP contribution in [0.3, 0.4) is 0 Å². The second-order valence-corrected chi connectivity index (χ2v) is 9.20. The zero-order valence-electron chi connectivity index (χ0n) is 19.0. The van der Waals surface area contributed by atoms with Crippen LogP contribution in [0.15, 0.2) is 83.6 Å². The number of rotatable bonds is 8. The molecule has 0 aliphatic carbocycles. The third kappa shape index (κ3) is 5.00. The third-order valence-electron chi connectivity index (χ3n) is 6.45. The van der Waals surface area contributed by atoms with Crippen molar-refractivity contribution in [1.29, 1.82) is 0 Å². The Morgan fingerprint density at radius 2 is 1.67 bits per heavy atom. The van der Waals surface area contributed by atoms with Crippen molar-refractivity contribution in [2.75, 3.05) is 44.7 Å². The van der Waals surface area contributed by atoms with Crippen LogP contribution in [0.5, 0.6) is 11.5 Å². The predicted molar refractivity (Wildman–Crippen MR) is 138 cm³/mol. The van der Waals surface area contributed by atoms with Gasteiger partial charge < -0.3 is 14.4 Å². The van der Waals surface area contributed by atoms with Crippen molar-refractivity contribution >= 4 is 27.8 Å². The number of anilines is 1. The van der Waals surface area contributed by atoms with Crippen molar-refractivity contribution in [1.82, 2.24) is 4.90 Å². The Balaban J connectivity index is 1.28. The molecule has 1 aromatic heterocycles. The summed E-state index contributed by atoms with van der Waals surface area (Å²) in [5.41, 5.74) is 2.46. The highest BCUT2D eigenvalue weighted by molar-refractivity contribution is 7.08. The summed E-state index contributed by atoms with van der Waals surface area (Å²) in [5, 5.41) is 6.71. The highest BCUT2D eigenvalue weighted by Crippen LogP contribution is 2.32. The lowest BCUT2D eigenvalue weighted by molar-refractivity contribution is 0.161. The highest BCUT2D eigenvalue weighted by atomic mass is 32.1. The second-order valence-electron chi connectivity index (χ2n) is 8.42. The lowest BCUT2D eigenvalue weighted by Gasteiger charge is -2.37. The fourth-order valence-corrected chi connectivity index (χ4v) is 5.26. The summed E-state index contributed by atoms with van der Waals surface area (Å²) >= 11 is 1.68. The standard InChI is InChI=1S/C28H30N2O2S/c1-31-28-12-5-4-11-26(28)30-18-16-29(17-19-30)15-13-27(32-23-14-20-33-21-23)25-10-6-8-22-7-2-3-9-24(22)25/h2-12,14,20-21,27H,13,15-19H2,1H3. The Morgan fingerprint density at radius 1 is 0.879 bits per heavy atom. The van der Waals surface area contributed by atoms with Crippen LogP contribution in [0.25, 0.3) is 10.8 Å². The maximum atomic E-state index is 6.52. The summed E-state index contributed by atoms with van der Waals surface area (Å²) in [7, 11) is 1.75. The summed E-state index contributed by atoms with van der Waals surface area (Å²) in [6, 6.07) is 25.5. The monoisotopic (exact) mass is 458 g/mol. The minimum atomic E-state index is 0.0259. The fourth-order valence-electron chi connectivity index (χ4n) is 4.70. The minimum absolute atomic E-state index is 0.0259. The zero-order valence-corrected chi connectivity index (χ0v) is 19.8. The van der Waals surface area contributed by atoms with Gasteiger partial charge in [-0.25, -0.2) is 0 Å². The van der Waals surface area contributed by atoms with Crippen LogP contribution in [0, 0.1) is 0 Å². The number of methoxy groups -OCH3 is 1. The Labute approximate surface area is 200 Å². The number of para-hydroxylation sites is 2. The van der Waals surface area contributed by atoms with Gasteiger partial charge in [-0.1, -0.05) is 54.6 Å². The fraction of sp³-hybridized carbons (Fsp3) is 0.286. The van der Waals surface area contributed by atoms with Crippen LogP contribution in [0.1, 0.15) is 18.1 Å². The summed E-state index contributed by atoms with van der Waals surface area (Å²) in [4.78, 5) is 4.99. The Hall–Kier alpha value is -3.02. The molecule has 2 heterocycles. The smallest absolute Gasteiger partial charge is 0.142 e. The summed E-state index contributed by atoms with van der Waals surface area (Å²) in [6.45, 7) is 5.10. The first kappa shape index (κ1) is 21.8. The number of fused-ring (bicyclic) bond motifs is 1. The van der Waals surface area contributed by atoms with Gasteiger partial charge in [0.05, 0.1) is 12.8 Å². The molecular weight excluding hydrogens is 428 g/mol. The number of hydrogen-bond donors (Lipinski definition) is 0. The van der Waals surface area contributed by atoms with Gasteiger partial charge in [-0.15, -0.1) is 11.3 Å². The van der Waals surface area contributed by atoms with E-state index in [-0.39, 0.29) is 6.10 Å². The van der Waals surface area contributed by atoms with Crippen molar-refractivity contribution in [3.05, 3.63) is 89.1 Å². The molecule has 5 rings (SSSR count). The van der Waals surface area contributed by atoms with Gasteiger partial charge in [0.15, 0.2) is 0 Å². The molecule has 0 amide bonds. The number of thiophene rings is 1. The molecule has 4 aromatic rings. The van der Waals surface area contributed by atoms with E-state index < -0.39 is 0 Å². The van der Waals surface area contributed by atoms with Gasteiger partial charge in [-0.2, -0.15) is 0 Å². The van der Waals surface area contributed by atoms with E-state index in [0.717, 1.165) is 50.6 Å². The molecule has 0 N–H and O–H groups in total. The number of piperazine rings is 1. The Kier molecular flexibility index (Phi) is 6.79. The van der Waals surface area contributed by atoms with Gasteiger partial charge >= 0.3 is 0 Å². The molecule has 170 valence electrons. The quantitative estimate of drug-likeness (QED) is 0.312. The molecule has 3 aromatic carbocycles. The Bertz CT molecular complexity index is 1160. The maximum Gasteiger partial charge on any atom is 0.142 e. The van der Waals surface area contributed by atoms with E-state index in [9.17, 15) is 0 Å². The molecule has 1 unspecified atom stereocenters. The van der Waals surface area contributed by atoms with Crippen molar-refractivity contribution in [2.45, 2.75) is 12.5 Å². The molecule has 1 aliphatic rings.